The van der Waals surface area contributed by atoms with Gasteiger partial charge in [0.1, 0.15) is 0 Å². The Kier molecular flexibility index (Phi) is 5.83. The predicted octanol–water partition coefficient (Wildman–Crippen LogP) is 5.19. The van der Waals surface area contributed by atoms with Gasteiger partial charge in [0.15, 0.2) is 5.82 Å². The third kappa shape index (κ3) is 4.49. The molecule has 1 saturated heterocycles. The van der Waals surface area contributed by atoms with E-state index in [0.717, 1.165) is 52.3 Å². The Morgan fingerprint density at radius 2 is 1.78 bits per heavy atom. The average molecular weight is 426 g/mol. The van der Waals surface area contributed by atoms with Crippen molar-refractivity contribution in [3.63, 3.8) is 0 Å². The van der Waals surface area contributed by atoms with Gasteiger partial charge in [-0.15, -0.1) is 10.2 Å². The van der Waals surface area contributed by atoms with Gasteiger partial charge in [-0.1, -0.05) is 43.2 Å². The van der Waals surface area contributed by atoms with Crippen LogP contribution in [-0.4, -0.2) is 34.2 Å². The van der Waals surface area contributed by atoms with Crippen molar-refractivity contribution in [2.24, 2.45) is 0 Å². The van der Waals surface area contributed by atoms with Crippen LogP contribution in [0.3, 0.4) is 0 Å². The van der Waals surface area contributed by atoms with E-state index in [9.17, 15) is 4.79 Å². The summed E-state index contributed by atoms with van der Waals surface area (Å²) < 4.78 is 0. The maximum Gasteiger partial charge on any atom is 0.228 e. The first-order valence-corrected chi connectivity index (χ1v) is 11.3. The summed E-state index contributed by atoms with van der Waals surface area (Å²) in [6, 6.07) is 19.8. The van der Waals surface area contributed by atoms with E-state index in [1.807, 2.05) is 60.8 Å². The SMILES string of the molecule is O=C(Cc1c[nH]c2ccccc12)Nc1cccc(-c2ccc(N3CCCCCC3)nn2)c1. The number of amides is 1. The molecule has 3 heterocycles. The highest BCUT2D eigenvalue weighted by atomic mass is 16.1. The van der Waals surface area contributed by atoms with Gasteiger partial charge in [-0.3, -0.25) is 4.79 Å². The molecule has 0 bridgehead atoms. The maximum absolute atomic E-state index is 12.7. The normalized spacial score (nSPS) is 14.3. The molecule has 1 fully saturated rings. The number of anilines is 2. The molecule has 5 rings (SSSR count). The first kappa shape index (κ1) is 20.2. The van der Waals surface area contributed by atoms with E-state index in [0.29, 0.717) is 6.42 Å². The van der Waals surface area contributed by atoms with Crippen molar-refractivity contribution in [3.05, 3.63) is 72.4 Å². The fourth-order valence-corrected chi connectivity index (χ4v) is 4.36. The largest absolute Gasteiger partial charge is 0.361 e. The number of benzene rings is 2. The van der Waals surface area contributed by atoms with Gasteiger partial charge < -0.3 is 15.2 Å². The van der Waals surface area contributed by atoms with Crippen LogP contribution in [0.2, 0.25) is 0 Å². The molecule has 6 nitrogen and oxygen atoms in total. The summed E-state index contributed by atoms with van der Waals surface area (Å²) in [5, 5.41) is 13.0. The van der Waals surface area contributed by atoms with E-state index in [1.54, 1.807) is 0 Å². The Bertz CT molecular complexity index is 1210. The molecule has 1 amide bonds. The summed E-state index contributed by atoms with van der Waals surface area (Å²) in [7, 11) is 0. The Morgan fingerprint density at radius 3 is 2.59 bits per heavy atom. The highest BCUT2D eigenvalue weighted by molar-refractivity contribution is 5.96. The zero-order valence-corrected chi connectivity index (χ0v) is 18.1. The second-order valence-electron chi connectivity index (χ2n) is 8.34. The zero-order chi connectivity index (χ0) is 21.8. The molecule has 4 aromatic rings. The summed E-state index contributed by atoms with van der Waals surface area (Å²) in [6.45, 7) is 2.10. The number of carbonyl (C=O) groups excluding carboxylic acids is 1. The first-order chi connectivity index (χ1) is 15.8. The summed E-state index contributed by atoms with van der Waals surface area (Å²) >= 11 is 0. The van der Waals surface area contributed by atoms with Crippen LogP contribution in [-0.2, 0) is 11.2 Å². The molecular formula is C26H27N5O. The monoisotopic (exact) mass is 425 g/mol. The predicted molar refractivity (Wildman–Crippen MR) is 129 cm³/mol. The number of H-pyrrole nitrogens is 1. The lowest BCUT2D eigenvalue weighted by Crippen LogP contribution is -2.25. The molecule has 6 heteroatoms. The maximum atomic E-state index is 12.7. The Labute approximate surface area is 187 Å². The van der Waals surface area contributed by atoms with Crippen LogP contribution >= 0.6 is 0 Å². The van der Waals surface area contributed by atoms with Crippen LogP contribution in [0.15, 0.2) is 66.9 Å². The second-order valence-corrected chi connectivity index (χ2v) is 8.34. The van der Waals surface area contributed by atoms with E-state index in [2.05, 4.69) is 31.5 Å². The lowest BCUT2D eigenvalue weighted by atomic mass is 10.1. The minimum Gasteiger partial charge on any atom is -0.361 e. The molecule has 1 aliphatic rings. The number of para-hydroxylation sites is 1. The number of nitrogens with zero attached hydrogens (tertiary/aromatic N) is 3. The van der Waals surface area contributed by atoms with Crippen LogP contribution < -0.4 is 10.2 Å². The summed E-state index contributed by atoms with van der Waals surface area (Å²) in [5.41, 5.74) is 4.52. The van der Waals surface area contributed by atoms with E-state index in [4.69, 9.17) is 0 Å². The van der Waals surface area contributed by atoms with Gasteiger partial charge in [-0.25, -0.2) is 0 Å². The topological polar surface area (TPSA) is 73.9 Å². The molecule has 162 valence electrons. The molecule has 2 N–H and O–H groups in total. The number of aromatic amines is 1. The molecule has 32 heavy (non-hydrogen) atoms. The van der Waals surface area contributed by atoms with Gasteiger partial charge in [-0.2, -0.15) is 0 Å². The van der Waals surface area contributed by atoms with Crippen molar-refractivity contribution in [2.75, 3.05) is 23.3 Å². The average Bonchev–Trinajstić information content (AvgIpc) is 3.04. The minimum atomic E-state index is -0.0468. The van der Waals surface area contributed by atoms with E-state index in [-0.39, 0.29) is 5.91 Å². The number of fused-ring (bicyclic) bond motifs is 1. The Hall–Kier alpha value is -3.67. The van der Waals surface area contributed by atoms with Crippen molar-refractivity contribution in [3.8, 4) is 11.3 Å². The van der Waals surface area contributed by atoms with Gasteiger partial charge in [-0.05, 0) is 48.7 Å². The van der Waals surface area contributed by atoms with Gasteiger partial charge >= 0.3 is 0 Å². The molecule has 0 spiro atoms. The van der Waals surface area contributed by atoms with Gasteiger partial charge in [0, 0.05) is 41.4 Å². The number of aromatic nitrogens is 3. The van der Waals surface area contributed by atoms with Crippen molar-refractivity contribution < 1.29 is 4.79 Å². The van der Waals surface area contributed by atoms with Crippen LogP contribution in [0.4, 0.5) is 11.5 Å². The number of hydrogen-bond acceptors (Lipinski definition) is 4. The van der Waals surface area contributed by atoms with Crippen LogP contribution in [0.5, 0.6) is 0 Å². The fraction of sp³-hybridized carbons (Fsp3) is 0.269. The van der Waals surface area contributed by atoms with Gasteiger partial charge in [0.2, 0.25) is 5.91 Å². The Balaban J connectivity index is 1.27. The summed E-state index contributed by atoms with van der Waals surface area (Å²) in [6.07, 6.45) is 7.23. The van der Waals surface area contributed by atoms with Gasteiger partial charge in [0.05, 0.1) is 12.1 Å². The van der Waals surface area contributed by atoms with Crippen LogP contribution in [0, 0.1) is 0 Å². The molecule has 1 aliphatic heterocycles. The van der Waals surface area contributed by atoms with Crippen molar-refractivity contribution >= 4 is 28.3 Å². The van der Waals surface area contributed by atoms with Crippen molar-refractivity contribution in [2.45, 2.75) is 32.1 Å². The number of rotatable bonds is 5. The molecule has 0 radical (unpaired) electrons. The molecule has 0 saturated carbocycles. The van der Waals surface area contributed by atoms with Gasteiger partial charge in [0.25, 0.3) is 0 Å². The fourth-order valence-electron chi connectivity index (χ4n) is 4.36. The lowest BCUT2D eigenvalue weighted by molar-refractivity contribution is -0.115. The van der Waals surface area contributed by atoms with Crippen molar-refractivity contribution in [1.29, 1.82) is 0 Å². The van der Waals surface area contributed by atoms with Crippen molar-refractivity contribution in [1.82, 2.24) is 15.2 Å². The molecule has 0 atom stereocenters. The second kappa shape index (κ2) is 9.22. The van der Waals surface area contributed by atoms with Crippen LogP contribution in [0.1, 0.15) is 31.2 Å². The third-order valence-electron chi connectivity index (χ3n) is 6.05. The highest BCUT2D eigenvalue weighted by Gasteiger charge is 2.13. The number of hydrogen-bond donors (Lipinski definition) is 2. The quantitative estimate of drug-likeness (QED) is 0.462. The molecule has 0 unspecified atom stereocenters. The summed E-state index contributed by atoms with van der Waals surface area (Å²) in [5.74, 6) is 0.897. The summed E-state index contributed by atoms with van der Waals surface area (Å²) in [4.78, 5) is 18.2. The zero-order valence-electron chi connectivity index (χ0n) is 18.1. The van der Waals surface area contributed by atoms with E-state index >= 15 is 0 Å². The molecule has 2 aromatic carbocycles. The third-order valence-corrected chi connectivity index (χ3v) is 6.05. The Morgan fingerprint density at radius 1 is 0.938 bits per heavy atom. The standard InChI is InChI=1S/C26H27N5O/c32-26(17-20-18-27-24-11-4-3-10-22(20)24)28-21-9-7-8-19(16-21)23-12-13-25(30-29-23)31-14-5-1-2-6-15-31/h3-4,7-13,16,18,27H,1-2,5-6,14-15,17H2,(H,28,32). The van der Waals surface area contributed by atoms with Crippen LogP contribution in [0.25, 0.3) is 22.2 Å². The van der Waals surface area contributed by atoms with E-state index < -0.39 is 0 Å². The first-order valence-electron chi connectivity index (χ1n) is 11.3. The number of carbonyl (C=O) groups is 1. The molecule has 2 aromatic heterocycles. The lowest BCUT2D eigenvalue weighted by Gasteiger charge is -2.20. The van der Waals surface area contributed by atoms with E-state index in [1.165, 1.54) is 25.7 Å². The molecular weight excluding hydrogens is 398 g/mol. The number of nitrogens with one attached hydrogen (secondary N) is 2. The highest BCUT2D eigenvalue weighted by Crippen LogP contribution is 2.24. The smallest absolute Gasteiger partial charge is 0.228 e. The molecule has 0 aliphatic carbocycles. The minimum absolute atomic E-state index is 0.0468.